The molecule has 0 aromatic carbocycles. The van der Waals surface area contributed by atoms with Crippen LogP contribution in [0.3, 0.4) is 0 Å². The van der Waals surface area contributed by atoms with Crippen molar-refractivity contribution in [1.82, 2.24) is 0 Å². The lowest BCUT2D eigenvalue weighted by Gasteiger charge is -1.99. The van der Waals surface area contributed by atoms with E-state index in [4.69, 9.17) is 5.11 Å². The molecule has 0 spiro atoms. The van der Waals surface area contributed by atoms with Gasteiger partial charge in [0.15, 0.2) is 0 Å². The normalized spacial score (nSPS) is 34.8. The number of carboxylic acids is 1. The largest absolute Gasteiger partial charge is 0.481 e. The summed E-state index contributed by atoms with van der Waals surface area (Å²) in [6.07, 6.45) is 2.86. The molecule has 1 aliphatic carbocycles. The van der Waals surface area contributed by atoms with Crippen LogP contribution in [-0.4, -0.2) is 11.1 Å². The highest BCUT2D eigenvalue weighted by Crippen LogP contribution is 2.29. The van der Waals surface area contributed by atoms with E-state index in [0.29, 0.717) is 5.92 Å². The van der Waals surface area contributed by atoms with E-state index in [1.807, 2.05) is 0 Å². The summed E-state index contributed by atoms with van der Waals surface area (Å²) in [5, 5.41) is 8.53. The minimum Gasteiger partial charge on any atom is -0.481 e. The third kappa shape index (κ3) is 1.44. The summed E-state index contributed by atoms with van der Waals surface area (Å²) in [7, 11) is 0. The van der Waals surface area contributed by atoms with E-state index < -0.39 is 5.97 Å². The molecular weight excluding hydrogens is 116 g/mol. The lowest BCUT2D eigenvalue weighted by Crippen LogP contribution is -2.08. The maximum Gasteiger partial charge on any atom is 0.306 e. The Bertz CT molecular complexity index is 120. The molecule has 0 saturated heterocycles. The van der Waals surface area contributed by atoms with E-state index in [-0.39, 0.29) is 5.92 Å². The molecule has 9 heavy (non-hydrogen) atoms. The van der Waals surface area contributed by atoms with Crippen LogP contribution in [-0.2, 0) is 4.79 Å². The van der Waals surface area contributed by atoms with E-state index in [2.05, 4.69) is 6.92 Å². The molecule has 52 valence electrons. The Balaban J connectivity index is 2.39. The van der Waals surface area contributed by atoms with Crippen LogP contribution in [0.1, 0.15) is 26.2 Å². The van der Waals surface area contributed by atoms with E-state index in [0.717, 1.165) is 19.3 Å². The van der Waals surface area contributed by atoms with Gasteiger partial charge in [0.25, 0.3) is 0 Å². The Morgan fingerprint density at radius 3 is 2.44 bits per heavy atom. The lowest BCUT2D eigenvalue weighted by molar-refractivity contribution is -0.141. The fourth-order valence-electron chi connectivity index (χ4n) is 1.43. The maximum atomic E-state index is 10.3. The van der Waals surface area contributed by atoms with Crippen LogP contribution in [0.25, 0.3) is 0 Å². The molecule has 2 atom stereocenters. The summed E-state index contributed by atoms with van der Waals surface area (Å²) in [6, 6.07) is 0. The van der Waals surface area contributed by atoms with Gasteiger partial charge >= 0.3 is 5.97 Å². The second-order valence-corrected chi connectivity index (χ2v) is 2.95. The minimum atomic E-state index is -0.612. The van der Waals surface area contributed by atoms with Crippen molar-refractivity contribution >= 4 is 5.97 Å². The van der Waals surface area contributed by atoms with Gasteiger partial charge < -0.3 is 5.11 Å². The Morgan fingerprint density at radius 2 is 2.22 bits per heavy atom. The lowest BCUT2D eigenvalue weighted by atomic mass is 10.1. The summed E-state index contributed by atoms with van der Waals surface area (Å²) in [5.41, 5.74) is 0. The fraction of sp³-hybridized carbons (Fsp3) is 0.857. The second-order valence-electron chi connectivity index (χ2n) is 2.95. The van der Waals surface area contributed by atoms with Gasteiger partial charge in [0.05, 0.1) is 5.92 Å². The Labute approximate surface area is 54.9 Å². The molecule has 1 aliphatic rings. The number of carboxylic acid groups (broad SMARTS) is 1. The van der Waals surface area contributed by atoms with E-state index in [1.165, 1.54) is 0 Å². The van der Waals surface area contributed by atoms with Gasteiger partial charge in [0, 0.05) is 0 Å². The first-order chi connectivity index (χ1) is 4.20. The fourth-order valence-corrected chi connectivity index (χ4v) is 1.43. The summed E-state index contributed by atoms with van der Waals surface area (Å²) in [5.74, 6) is -0.0227. The summed E-state index contributed by atoms with van der Waals surface area (Å²) >= 11 is 0. The highest BCUT2D eigenvalue weighted by molar-refractivity contribution is 5.70. The van der Waals surface area contributed by atoms with Gasteiger partial charge in [-0.05, 0) is 25.2 Å². The van der Waals surface area contributed by atoms with Crippen molar-refractivity contribution < 1.29 is 9.90 Å². The number of rotatable bonds is 1. The summed E-state index contributed by atoms with van der Waals surface area (Å²) in [4.78, 5) is 10.3. The zero-order chi connectivity index (χ0) is 6.85. The average molecular weight is 128 g/mol. The highest BCUT2D eigenvalue weighted by Gasteiger charge is 2.26. The van der Waals surface area contributed by atoms with Crippen molar-refractivity contribution in [1.29, 1.82) is 0 Å². The quantitative estimate of drug-likeness (QED) is 0.581. The van der Waals surface area contributed by atoms with E-state index in [1.54, 1.807) is 0 Å². The zero-order valence-electron chi connectivity index (χ0n) is 5.63. The van der Waals surface area contributed by atoms with E-state index >= 15 is 0 Å². The third-order valence-electron chi connectivity index (χ3n) is 2.04. The molecule has 1 fully saturated rings. The van der Waals surface area contributed by atoms with Gasteiger partial charge in [-0.15, -0.1) is 0 Å². The van der Waals surface area contributed by atoms with Gasteiger partial charge in [0.1, 0.15) is 0 Å². The molecule has 1 N–H and O–H groups in total. The molecule has 0 unspecified atom stereocenters. The van der Waals surface area contributed by atoms with Gasteiger partial charge in [-0.3, -0.25) is 4.79 Å². The molecule has 0 amide bonds. The number of hydrogen-bond acceptors (Lipinski definition) is 1. The van der Waals surface area contributed by atoms with Crippen molar-refractivity contribution in [2.75, 3.05) is 0 Å². The standard InChI is InChI=1S/C7H12O2/c1-5-2-3-6(4-5)7(8)9/h5-6H,2-4H2,1H3,(H,8,9)/t5-,6-/m0/s1. The van der Waals surface area contributed by atoms with Gasteiger partial charge in [-0.1, -0.05) is 6.92 Å². The molecule has 2 nitrogen and oxygen atoms in total. The van der Waals surface area contributed by atoms with Crippen molar-refractivity contribution in [2.24, 2.45) is 11.8 Å². The van der Waals surface area contributed by atoms with Crippen LogP contribution in [0.15, 0.2) is 0 Å². The molecule has 0 aliphatic heterocycles. The van der Waals surface area contributed by atoms with Crippen molar-refractivity contribution in [3.63, 3.8) is 0 Å². The number of aliphatic carboxylic acids is 1. The van der Waals surface area contributed by atoms with Gasteiger partial charge in [-0.25, -0.2) is 0 Å². The van der Waals surface area contributed by atoms with Crippen LogP contribution < -0.4 is 0 Å². The van der Waals surface area contributed by atoms with Gasteiger partial charge in [-0.2, -0.15) is 0 Å². The Kier molecular flexibility index (Phi) is 1.74. The molecule has 2 heteroatoms. The number of carbonyl (C=O) groups is 1. The predicted octanol–water partition coefficient (Wildman–Crippen LogP) is 1.51. The van der Waals surface area contributed by atoms with Crippen molar-refractivity contribution in [2.45, 2.75) is 26.2 Å². The van der Waals surface area contributed by atoms with Crippen LogP contribution in [0, 0.1) is 11.8 Å². The number of hydrogen-bond donors (Lipinski definition) is 1. The maximum absolute atomic E-state index is 10.3. The van der Waals surface area contributed by atoms with Crippen LogP contribution in [0.5, 0.6) is 0 Å². The summed E-state index contributed by atoms with van der Waals surface area (Å²) < 4.78 is 0. The third-order valence-corrected chi connectivity index (χ3v) is 2.04. The Morgan fingerprint density at radius 1 is 1.56 bits per heavy atom. The van der Waals surface area contributed by atoms with Crippen LogP contribution in [0.4, 0.5) is 0 Å². The smallest absolute Gasteiger partial charge is 0.306 e. The summed E-state index contributed by atoms with van der Waals surface area (Å²) in [6.45, 7) is 2.11. The topological polar surface area (TPSA) is 37.3 Å². The van der Waals surface area contributed by atoms with Crippen molar-refractivity contribution in [3.05, 3.63) is 0 Å². The monoisotopic (exact) mass is 128 g/mol. The van der Waals surface area contributed by atoms with Crippen LogP contribution in [0.2, 0.25) is 0 Å². The second kappa shape index (κ2) is 2.38. The van der Waals surface area contributed by atoms with Crippen LogP contribution >= 0.6 is 0 Å². The molecule has 0 radical (unpaired) electrons. The first-order valence-corrected chi connectivity index (χ1v) is 3.43. The highest BCUT2D eigenvalue weighted by atomic mass is 16.4. The van der Waals surface area contributed by atoms with Gasteiger partial charge in [0.2, 0.25) is 0 Å². The zero-order valence-corrected chi connectivity index (χ0v) is 5.63. The molecule has 0 heterocycles. The molecule has 0 aromatic heterocycles. The first-order valence-electron chi connectivity index (χ1n) is 3.43. The molecular formula is C7H12O2. The first kappa shape index (κ1) is 6.59. The predicted molar refractivity (Wildman–Crippen MR) is 34.1 cm³/mol. The van der Waals surface area contributed by atoms with Crippen molar-refractivity contribution in [3.8, 4) is 0 Å². The molecule has 0 bridgehead atoms. The molecule has 1 saturated carbocycles. The van der Waals surface area contributed by atoms with E-state index in [9.17, 15) is 4.79 Å². The molecule has 1 rings (SSSR count). The average Bonchev–Trinajstić information content (AvgIpc) is 2.14. The minimum absolute atomic E-state index is 0.0417. The Hall–Kier alpha value is -0.530. The molecule has 0 aromatic rings. The SMILES string of the molecule is C[C@H]1CC[C@H](C(=O)O)C1.